The van der Waals surface area contributed by atoms with Gasteiger partial charge in [-0.1, -0.05) is 31.4 Å². The molecule has 0 aliphatic heterocycles. The van der Waals surface area contributed by atoms with Gasteiger partial charge in [-0.3, -0.25) is 0 Å². The number of hydrogen-bond acceptors (Lipinski definition) is 1. The third kappa shape index (κ3) is 1.92. The lowest BCUT2D eigenvalue weighted by molar-refractivity contribution is 1.77. The molecule has 0 aliphatic rings. The molecular formula is C10H10S. The molecule has 1 aromatic rings. The molecule has 0 amide bonds. The summed E-state index contributed by atoms with van der Waals surface area (Å²) in [6, 6.07) is 2.07. The summed E-state index contributed by atoms with van der Waals surface area (Å²) < 4.78 is 0. The molecule has 0 radical (unpaired) electrons. The summed E-state index contributed by atoms with van der Waals surface area (Å²) in [4.78, 5) is 0. The summed E-state index contributed by atoms with van der Waals surface area (Å²) in [5, 5.41) is 4.15. The Morgan fingerprint density at radius 3 is 2.73 bits per heavy atom. The van der Waals surface area contributed by atoms with E-state index in [9.17, 15) is 0 Å². The van der Waals surface area contributed by atoms with Crippen molar-refractivity contribution in [3.63, 3.8) is 0 Å². The van der Waals surface area contributed by atoms with E-state index in [0.29, 0.717) is 0 Å². The van der Waals surface area contributed by atoms with Gasteiger partial charge < -0.3 is 0 Å². The van der Waals surface area contributed by atoms with E-state index in [1.807, 2.05) is 12.2 Å². The molecule has 0 nitrogen and oxygen atoms in total. The van der Waals surface area contributed by atoms with Crippen molar-refractivity contribution in [1.82, 2.24) is 0 Å². The van der Waals surface area contributed by atoms with Crippen molar-refractivity contribution < 1.29 is 0 Å². The van der Waals surface area contributed by atoms with Crippen LogP contribution in [0, 0.1) is 0 Å². The Morgan fingerprint density at radius 1 is 1.45 bits per heavy atom. The fourth-order valence-corrected chi connectivity index (χ4v) is 1.50. The van der Waals surface area contributed by atoms with Crippen LogP contribution in [0.4, 0.5) is 0 Å². The van der Waals surface area contributed by atoms with Gasteiger partial charge in [0, 0.05) is 0 Å². The molecule has 0 aromatic carbocycles. The van der Waals surface area contributed by atoms with Crippen molar-refractivity contribution in [1.29, 1.82) is 0 Å². The molecule has 1 heterocycles. The Hall–Kier alpha value is -1.08. The predicted molar refractivity (Wildman–Crippen MR) is 52.7 cm³/mol. The lowest BCUT2D eigenvalue weighted by Gasteiger charge is -1.93. The lowest BCUT2D eigenvalue weighted by atomic mass is 10.1. The second-order valence-electron chi connectivity index (χ2n) is 2.07. The average Bonchev–Trinajstić information content (AvgIpc) is 2.52. The molecule has 0 fully saturated rings. The second-order valence-corrected chi connectivity index (χ2v) is 2.85. The molecule has 11 heavy (non-hydrogen) atoms. The van der Waals surface area contributed by atoms with Crippen LogP contribution in [0.3, 0.4) is 0 Å². The minimum atomic E-state index is 1.13. The molecule has 0 saturated carbocycles. The highest BCUT2D eigenvalue weighted by Crippen LogP contribution is 2.17. The normalized spacial score (nSPS) is 11.1. The van der Waals surface area contributed by atoms with Crippen LogP contribution in [0.25, 0.3) is 5.57 Å². The highest BCUT2D eigenvalue weighted by Gasteiger charge is 1.93. The molecule has 0 atom stereocenters. The summed E-state index contributed by atoms with van der Waals surface area (Å²) in [6.45, 7) is 7.36. The monoisotopic (exact) mass is 162 g/mol. The standard InChI is InChI=1S/C10H10S/c1-3-5-9(4-2)10-6-7-11-8-10/h3-8H,1-2H2/b9-5+. The molecular weight excluding hydrogens is 152 g/mol. The Morgan fingerprint density at radius 2 is 2.27 bits per heavy atom. The summed E-state index contributed by atoms with van der Waals surface area (Å²) in [6.07, 6.45) is 5.56. The third-order valence-corrected chi connectivity index (χ3v) is 2.06. The second kappa shape index (κ2) is 3.94. The summed E-state index contributed by atoms with van der Waals surface area (Å²) >= 11 is 1.69. The van der Waals surface area contributed by atoms with Crippen LogP contribution in [-0.4, -0.2) is 0 Å². The highest BCUT2D eigenvalue weighted by atomic mass is 32.1. The number of rotatable bonds is 3. The SMILES string of the molecule is C=C/C=C(\C=C)c1ccsc1. The first-order chi connectivity index (χ1) is 5.38. The van der Waals surface area contributed by atoms with E-state index in [2.05, 4.69) is 30.0 Å². The zero-order valence-corrected chi connectivity index (χ0v) is 7.10. The van der Waals surface area contributed by atoms with Gasteiger partial charge in [-0.2, -0.15) is 11.3 Å². The zero-order valence-electron chi connectivity index (χ0n) is 6.29. The van der Waals surface area contributed by atoms with Gasteiger partial charge in [0.15, 0.2) is 0 Å². The minimum absolute atomic E-state index is 1.13. The van der Waals surface area contributed by atoms with E-state index in [1.54, 1.807) is 17.4 Å². The van der Waals surface area contributed by atoms with Gasteiger partial charge in [0.05, 0.1) is 0 Å². The summed E-state index contributed by atoms with van der Waals surface area (Å²) in [7, 11) is 0. The largest absolute Gasteiger partial charge is 0.152 e. The van der Waals surface area contributed by atoms with Crippen LogP contribution < -0.4 is 0 Å². The van der Waals surface area contributed by atoms with Crippen molar-refractivity contribution >= 4 is 16.9 Å². The smallest absolute Gasteiger partial charge is 0.00147 e. The third-order valence-electron chi connectivity index (χ3n) is 1.37. The molecule has 0 N–H and O–H groups in total. The Balaban J connectivity index is 2.97. The van der Waals surface area contributed by atoms with E-state index in [4.69, 9.17) is 0 Å². The van der Waals surface area contributed by atoms with Crippen LogP contribution in [-0.2, 0) is 0 Å². The fraction of sp³-hybridized carbons (Fsp3) is 0. The Labute approximate surface area is 71.2 Å². The van der Waals surface area contributed by atoms with Crippen molar-refractivity contribution in [3.8, 4) is 0 Å². The van der Waals surface area contributed by atoms with Crippen molar-refractivity contribution in [2.75, 3.05) is 0 Å². The molecule has 0 saturated heterocycles. The molecule has 1 rings (SSSR count). The molecule has 0 spiro atoms. The van der Waals surface area contributed by atoms with E-state index in [1.165, 1.54) is 5.56 Å². The number of thiophene rings is 1. The molecule has 1 heteroatoms. The van der Waals surface area contributed by atoms with E-state index < -0.39 is 0 Å². The molecule has 56 valence electrons. The molecule has 1 aromatic heterocycles. The minimum Gasteiger partial charge on any atom is -0.152 e. The van der Waals surface area contributed by atoms with Crippen LogP contribution in [0.5, 0.6) is 0 Å². The van der Waals surface area contributed by atoms with Gasteiger partial charge in [0.1, 0.15) is 0 Å². The maximum absolute atomic E-state index is 3.72. The van der Waals surface area contributed by atoms with Gasteiger partial charge >= 0.3 is 0 Å². The Bertz CT molecular complexity index is 265. The van der Waals surface area contributed by atoms with Gasteiger partial charge in [0.2, 0.25) is 0 Å². The van der Waals surface area contributed by atoms with Gasteiger partial charge in [-0.15, -0.1) is 0 Å². The first kappa shape index (κ1) is 8.02. The molecule has 0 unspecified atom stereocenters. The highest BCUT2D eigenvalue weighted by molar-refractivity contribution is 7.08. The zero-order chi connectivity index (χ0) is 8.10. The average molecular weight is 162 g/mol. The van der Waals surface area contributed by atoms with Crippen LogP contribution in [0.1, 0.15) is 5.56 Å². The van der Waals surface area contributed by atoms with Crippen molar-refractivity contribution in [3.05, 3.63) is 53.8 Å². The first-order valence-corrected chi connectivity index (χ1v) is 4.30. The number of hydrogen-bond donors (Lipinski definition) is 0. The van der Waals surface area contributed by atoms with E-state index >= 15 is 0 Å². The van der Waals surface area contributed by atoms with Crippen LogP contribution >= 0.6 is 11.3 Å². The summed E-state index contributed by atoms with van der Waals surface area (Å²) in [5.41, 5.74) is 2.34. The van der Waals surface area contributed by atoms with Crippen LogP contribution in [0.15, 0.2) is 48.2 Å². The van der Waals surface area contributed by atoms with Gasteiger partial charge in [-0.05, 0) is 28.0 Å². The van der Waals surface area contributed by atoms with Gasteiger partial charge in [0.25, 0.3) is 0 Å². The van der Waals surface area contributed by atoms with Gasteiger partial charge in [-0.25, -0.2) is 0 Å². The quantitative estimate of drug-likeness (QED) is 0.597. The molecule has 0 aliphatic carbocycles. The Kier molecular flexibility index (Phi) is 2.87. The van der Waals surface area contributed by atoms with Crippen molar-refractivity contribution in [2.24, 2.45) is 0 Å². The number of allylic oxidation sites excluding steroid dienone is 4. The van der Waals surface area contributed by atoms with E-state index in [-0.39, 0.29) is 0 Å². The maximum Gasteiger partial charge on any atom is -0.00147 e. The maximum atomic E-state index is 3.72. The van der Waals surface area contributed by atoms with Crippen LogP contribution in [0.2, 0.25) is 0 Å². The van der Waals surface area contributed by atoms with E-state index in [0.717, 1.165) is 5.57 Å². The topological polar surface area (TPSA) is 0 Å². The summed E-state index contributed by atoms with van der Waals surface area (Å²) in [5.74, 6) is 0. The van der Waals surface area contributed by atoms with Crippen molar-refractivity contribution in [2.45, 2.75) is 0 Å². The fourth-order valence-electron chi connectivity index (χ4n) is 0.838. The predicted octanol–water partition coefficient (Wildman–Crippen LogP) is 3.50. The molecule has 0 bridgehead atoms. The first-order valence-electron chi connectivity index (χ1n) is 3.36. The lowest BCUT2D eigenvalue weighted by Crippen LogP contribution is -1.72.